The van der Waals surface area contributed by atoms with E-state index in [0.717, 1.165) is 12.3 Å². The maximum absolute atomic E-state index is 5.65. The van der Waals surface area contributed by atoms with Crippen LogP contribution < -0.4 is 0 Å². The molecule has 0 rings (SSSR count). The molecule has 1 heteroatoms. The number of rotatable bonds is 11. The number of allylic oxidation sites excluding steroid dienone is 2. The summed E-state index contributed by atoms with van der Waals surface area (Å²) in [4.78, 5) is 0. The van der Waals surface area contributed by atoms with Crippen LogP contribution in [0.1, 0.15) is 78.1 Å². The number of unbranched alkanes of at least 4 members (excludes halogenated alkanes) is 7. The third-order valence-corrected chi connectivity index (χ3v) is 3.24. The molecule has 0 saturated heterocycles. The van der Waals surface area contributed by atoms with Crippen LogP contribution in [0.5, 0.6) is 0 Å². The molecular weight excluding hydrogens is 216 g/mol. The van der Waals surface area contributed by atoms with Crippen LogP contribution in [0.15, 0.2) is 11.6 Å². The van der Waals surface area contributed by atoms with E-state index in [1.165, 1.54) is 63.4 Å². The Hall–Kier alpha value is 0.0300. The van der Waals surface area contributed by atoms with Crippen molar-refractivity contribution in [1.82, 2.24) is 0 Å². The number of hydrogen-bond acceptors (Lipinski definition) is 0. The molecule has 0 unspecified atom stereocenters. The number of hydrogen-bond donors (Lipinski definition) is 0. The van der Waals surface area contributed by atoms with Gasteiger partial charge in [-0.25, -0.2) is 0 Å². The highest BCUT2D eigenvalue weighted by Crippen LogP contribution is 2.12. The first kappa shape index (κ1) is 16.0. The first-order valence-corrected chi connectivity index (χ1v) is 7.56. The van der Waals surface area contributed by atoms with Crippen molar-refractivity contribution < 1.29 is 0 Å². The smallest absolute Gasteiger partial charge is 0.0258 e. The molecule has 0 spiro atoms. The first-order valence-electron chi connectivity index (χ1n) is 7.02. The lowest BCUT2D eigenvalue weighted by Gasteiger charge is -2.02. The molecule has 0 bridgehead atoms. The topological polar surface area (TPSA) is 0 Å². The van der Waals surface area contributed by atoms with Gasteiger partial charge in [0.15, 0.2) is 0 Å². The predicted molar refractivity (Wildman–Crippen MR) is 76.3 cm³/mol. The van der Waals surface area contributed by atoms with Crippen LogP contribution in [0.3, 0.4) is 0 Å². The molecule has 0 saturated carbocycles. The largest absolute Gasteiger partial charge is 0.126 e. The summed E-state index contributed by atoms with van der Waals surface area (Å²) in [5.74, 6) is 0.759. The summed E-state index contributed by atoms with van der Waals surface area (Å²) >= 11 is 5.65. The molecule has 0 nitrogen and oxygen atoms in total. The highest BCUT2D eigenvalue weighted by atomic mass is 35.5. The summed E-state index contributed by atoms with van der Waals surface area (Å²) in [6, 6.07) is 0. The maximum atomic E-state index is 5.65. The zero-order valence-electron chi connectivity index (χ0n) is 11.2. The third kappa shape index (κ3) is 12.1. The van der Waals surface area contributed by atoms with Gasteiger partial charge in [0, 0.05) is 5.88 Å². The monoisotopic (exact) mass is 244 g/mol. The van der Waals surface area contributed by atoms with E-state index in [4.69, 9.17) is 11.6 Å². The third-order valence-electron chi connectivity index (χ3n) is 3.03. The van der Waals surface area contributed by atoms with Crippen molar-refractivity contribution in [3.63, 3.8) is 0 Å². The summed E-state index contributed by atoms with van der Waals surface area (Å²) in [6.07, 6.45) is 15.9. The van der Waals surface area contributed by atoms with E-state index in [2.05, 4.69) is 19.9 Å². The van der Waals surface area contributed by atoms with E-state index in [1.54, 1.807) is 0 Å². The van der Waals surface area contributed by atoms with Gasteiger partial charge < -0.3 is 0 Å². The lowest BCUT2D eigenvalue weighted by atomic mass is 10.0. The van der Waals surface area contributed by atoms with Gasteiger partial charge >= 0.3 is 0 Å². The highest BCUT2D eigenvalue weighted by molar-refractivity contribution is 6.17. The number of halogens is 1. The molecule has 0 atom stereocenters. The molecule has 0 aromatic rings. The summed E-state index contributed by atoms with van der Waals surface area (Å²) in [5.41, 5.74) is 1.52. The van der Waals surface area contributed by atoms with Crippen molar-refractivity contribution >= 4 is 11.6 Å². The second-order valence-corrected chi connectivity index (χ2v) is 5.13. The molecule has 0 aliphatic heterocycles. The summed E-state index contributed by atoms with van der Waals surface area (Å²) in [7, 11) is 0. The standard InChI is InChI=1S/C15H29Cl/c1-3-4-5-6-7-8-9-10-12-15(2)13-11-14-16/h13H,3-12,14H2,1-2H3. The fraction of sp³-hybridized carbons (Fsp3) is 0.867. The molecule has 0 amide bonds. The van der Waals surface area contributed by atoms with Gasteiger partial charge in [-0.3, -0.25) is 0 Å². The molecule has 0 aliphatic rings. The molecule has 0 N–H and O–H groups in total. The van der Waals surface area contributed by atoms with Gasteiger partial charge in [0.25, 0.3) is 0 Å². The lowest BCUT2D eigenvalue weighted by Crippen LogP contribution is -1.83. The molecule has 0 fully saturated rings. The Morgan fingerprint density at radius 2 is 1.50 bits per heavy atom. The first-order chi connectivity index (χ1) is 7.81. The minimum atomic E-state index is 0.759. The highest BCUT2D eigenvalue weighted by Gasteiger charge is 1.93. The van der Waals surface area contributed by atoms with Crippen molar-refractivity contribution in [3.05, 3.63) is 11.6 Å². The minimum absolute atomic E-state index is 0.759. The van der Waals surface area contributed by atoms with Gasteiger partial charge in [0.05, 0.1) is 0 Å². The van der Waals surface area contributed by atoms with Crippen molar-refractivity contribution in [2.24, 2.45) is 0 Å². The molecule has 0 aromatic carbocycles. The van der Waals surface area contributed by atoms with Crippen LogP contribution in [0.2, 0.25) is 0 Å². The Balaban J connectivity index is 3.14. The fourth-order valence-electron chi connectivity index (χ4n) is 1.94. The van der Waals surface area contributed by atoms with E-state index in [0.29, 0.717) is 0 Å². The Labute approximate surface area is 107 Å². The van der Waals surface area contributed by atoms with E-state index in [1.807, 2.05) is 0 Å². The molecule has 0 heterocycles. The van der Waals surface area contributed by atoms with Crippen molar-refractivity contribution in [3.8, 4) is 0 Å². The maximum Gasteiger partial charge on any atom is 0.0258 e. The molecule has 0 radical (unpaired) electrons. The van der Waals surface area contributed by atoms with Gasteiger partial charge in [0.1, 0.15) is 0 Å². The van der Waals surface area contributed by atoms with Crippen LogP contribution in [-0.2, 0) is 0 Å². The van der Waals surface area contributed by atoms with E-state index in [-0.39, 0.29) is 0 Å². The molecule has 96 valence electrons. The Bertz CT molecular complexity index is 161. The van der Waals surface area contributed by atoms with E-state index < -0.39 is 0 Å². The average Bonchev–Trinajstić information content (AvgIpc) is 2.30. The van der Waals surface area contributed by atoms with E-state index >= 15 is 0 Å². The summed E-state index contributed by atoms with van der Waals surface area (Å²) in [6.45, 7) is 4.50. The normalized spacial score (nSPS) is 12.1. The summed E-state index contributed by atoms with van der Waals surface area (Å²) in [5, 5.41) is 0. The molecular formula is C15H29Cl. The van der Waals surface area contributed by atoms with Crippen LogP contribution in [0, 0.1) is 0 Å². The van der Waals surface area contributed by atoms with Crippen LogP contribution in [0.4, 0.5) is 0 Å². The van der Waals surface area contributed by atoms with Gasteiger partial charge in [-0.2, -0.15) is 0 Å². The van der Waals surface area contributed by atoms with Gasteiger partial charge in [-0.15, -0.1) is 11.6 Å². The predicted octanol–water partition coefficient (Wildman–Crippen LogP) is 6.09. The number of alkyl halides is 1. The molecule has 16 heavy (non-hydrogen) atoms. The minimum Gasteiger partial charge on any atom is -0.126 e. The zero-order chi connectivity index (χ0) is 12.1. The van der Waals surface area contributed by atoms with Crippen molar-refractivity contribution in [2.45, 2.75) is 78.1 Å². The summed E-state index contributed by atoms with van der Waals surface area (Å²) < 4.78 is 0. The van der Waals surface area contributed by atoms with Gasteiger partial charge in [-0.05, 0) is 26.2 Å². The van der Waals surface area contributed by atoms with Gasteiger partial charge in [-0.1, -0.05) is 63.5 Å². The average molecular weight is 245 g/mol. The van der Waals surface area contributed by atoms with Crippen molar-refractivity contribution in [2.75, 3.05) is 5.88 Å². The zero-order valence-corrected chi connectivity index (χ0v) is 12.0. The Morgan fingerprint density at radius 3 is 2.06 bits per heavy atom. The molecule has 0 aromatic heterocycles. The van der Waals surface area contributed by atoms with Crippen molar-refractivity contribution in [1.29, 1.82) is 0 Å². The Morgan fingerprint density at radius 1 is 0.938 bits per heavy atom. The second-order valence-electron chi connectivity index (χ2n) is 4.75. The van der Waals surface area contributed by atoms with Crippen LogP contribution >= 0.6 is 11.6 Å². The SMILES string of the molecule is CCCCCCCCCCC(C)=CCCCl. The fourth-order valence-corrected chi connectivity index (χ4v) is 2.05. The van der Waals surface area contributed by atoms with Crippen LogP contribution in [0.25, 0.3) is 0 Å². The lowest BCUT2D eigenvalue weighted by molar-refractivity contribution is 0.575. The van der Waals surface area contributed by atoms with Crippen LogP contribution in [-0.4, -0.2) is 5.88 Å². The Kier molecular flexibility index (Phi) is 13.1. The quantitative estimate of drug-likeness (QED) is 0.234. The molecule has 0 aliphatic carbocycles. The van der Waals surface area contributed by atoms with E-state index in [9.17, 15) is 0 Å². The van der Waals surface area contributed by atoms with Gasteiger partial charge in [0.2, 0.25) is 0 Å². The second kappa shape index (κ2) is 13.1.